The van der Waals surface area contributed by atoms with Crippen molar-refractivity contribution in [2.75, 3.05) is 10.6 Å². The van der Waals surface area contributed by atoms with Crippen molar-refractivity contribution in [2.45, 2.75) is 33.6 Å². The Morgan fingerprint density at radius 2 is 1.07 bits per heavy atom. The lowest BCUT2D eigenvalue weighted by molar-refractivity contribution is 1.02. The minimum absolute atomic E-state index is 0.755. The molecule has 0 saturated heterocycles. The van der Waals surface area contributed by atoms with E-state index in [1.165, 1.54) is 76.2 Å². The Bertz CT molecular complexity index is 3060. The van der Waals surface area contributed by atoms with Gasteiger partial charge in [-0.25, -0.2) is 0 Å². The highest BCUT2D eigenvalue weighted by atomic mass is 32.1. The maximum Gasteiger partial charge on any atom is 0.0468 e. The molecule has 2 N–H and O–H groups in total. The van der Waals surface area contributed by atoms with Crippen molar-refractivity contribution in [1.29, 1.82) is 0 Å². The number of rotatable bonds is 8. The van der Waals surface area contributed by atoms with Crippen LogP contribution in [0.1, 0.15) is 33.6 Å². The highest BCUT2D eigenvalue weighted by Gasteiger charge is 2.20. The highest BCUT2D eigenvalue weighted by molar-refractivity contribution is 7.19. The van der Waals surface area contributed by atoms with Crippen molar-refractivity contribution in [3.8, 4) is 55.6 Å². The van der Waals surface area contributed by atoms with Crippen LogP contribution in [-0.4, -0.2) is 0 Å². The van der Waals surface area contributed by atoms with Crippen LogP contribution in [0, 0.1) is 20.8 Å². The van der Waals surface area contributed by atoms with E-state index >= 15 is 0 Å². The van der Waals surface area contributed by atoms with Gasteiger partial charge in [0, 0.05) is 43.3 Å². The fourth-order valence-corrected chi connectivity index (χ4v) is 10.3. The summed E-state index contributed by atoms with van der Waals surface area (Å²) in [6.45, 7) is 6.65. The third kappa shape index (κ3) is 6.81. The summed E-state index contributed by atoms with van der Waals surface area (Å²) in [5, 5.41) is 1.32. The number of aryl methyl sites for hydroxylation is 3. The molecule has 0 aliphatic heterocycles. The lowest BCUT2D eigenvalue weighted by Gasteiger charge is -2.26. The number of hydrogen-bond acceptors (Lipinski definition) is 3. The van der Waals surface area contributed by atoms with Gasteiger partial charge in [0.25, 0.3) is 0 Å². The molecule has 3 heteroatoms. The second-order valence-electron chi connectivity index (χ2n) is 15.9. The normalized spacial score (nSPS) is 12.1. The van der Waals surface area contributed by atoms with E-state index < -0.39 is 0 Å². The van der Waals surface area contributed by atoms with Gasteiger partial charge in [0.15, 0.2) is 0 Å². The zero-order chi connectivity index (χ0) is 40.7. The van der Waals surface area contributed by atoms with Crippen LogP contribution in [0.2, 0.25) is 0 Å². The van der Waals surface area contributed by atoms with E-state index in [2.05, 4.69) is 214 Å². The number of nitrogens with zero attached hydrogens (tertiary/aromatic N) is 1. The van der Waals surface area contributed by atoms with E-state index in [1.807, 2.05) is 11.3 Å². The summed E-state index contributed by atoms with van der Waals surface area (Å²) in [4.78, 5) is 3.86. The van der Waals surface area contributed by atoms with Crippen LogP contribution < -0.4 is 10.6 Å². The Morgan fingerprint density at radius 1 is 0.483 bits per heavy atom. The molecule has 290 valence electrons. The molecule has 9 aromatic rings. The molecule has 10 rings (SSSR count). The van der Waals surface area contributed by atoms with E-state index in [0.29, 0.717) is 0 Å². The van der Waals surface area contributed by atoms with E-state index in [-0.39, 0.29) is 0 Å². The average molecular weight is 791 g/mol. The number of nitrogen functional groups attached to an aromatic ring is 1. The molecular weight excluding hydrogens is 745 g/mol. The molecule has 0 saturated carbocycles. The standard InChI is InChI=1S/C57H46N2S/c1-37-13-7-9-17-47(37)49-32-33-51(57(39(49)3)48-18-10-8-14-38(48)2)43-25-31-50(54(58)35-43)42-23-28-45(29-24-42)59(44-26-21-41(22-27-44)40-15-5-4-6-16-40)46-30-34-56-53(36-46)52-19-11-12-20-55(52)60-56/h4-11,13-19,21-36H,12,20,58H2,1-3H3. The summed E-state index contributed by atoms with van der Waals surface area (Å²) in [5.41, 5.74) is 28.1. The third-order valence-electron chi connectivity index (χ3n) is 12.2. The minimum atomic E-state index is 0.755. The number of hydrogen-bond donors (Lipinski definition) is 1. The maximum absolute atomic E-state index is 7.01. The Balaban J connectivity index is 1.03. The van der Waals surface area contributed by atoms with Crippen molar-refractivity contribution >= 4 is 50.2 Å². The quantitative estimate of drug-likeness (QED) is 0.155. The van der Waals surface area contributed by atoms with Crippen LogP contribution in [0.4, 0.5) is 22.7 Å². The van der Waals surface area contributed by atoms with Gasteiger partial charge in [0.1, 0.15) is 0 Å². The Labute approximate surface area is 357 Å². The van der Waals surface area contributed by atoms with Crippen molar-refractivity contribution in [3.05, 3.63) is 209 Å². The molecule has 0 radical (unpaired) electrons. The van der Waals surface area contributed by atoms with Gasteiger partial charge < -0.3 is 10.6 Å². The summed E-state index contributed by atoms with van der Waals surface area (Å²) in [6, 6.07) is 63.8. The summed E-state index contributed by atoms with van der Waals surface area (Å²) >= 11 is 1.93. The topological polar surface area (TPSA) is 29.3 Å². The summed E-state index contributed by atoms with van der Waals surface area (Å²) in [6.07, 6.45) is 6.85. The number of fused-ring (bicyclic) bond motifs is 3. The molecule has 0 unspecified atom stereocenters. The van der Waals surface area contributed by atoms with Gasteiger partial charge in [-0.05, 0) is 154 Å². The summed E-state index contributed by atoms with van der Waals surface area (Å²) in [5.74, 6) is 0. The fraction of sp³-hybridized carbons (Fsp3) is 0.0877. The Hall–Kier alpha value is -6.94. The van der Waals surface area contributed by atoms with E-state index in [1.54, 1.807) is 0 Å². The van der Waals surface area contributed by atoms with Crippen molar-refractivity contribution in [2.24, 2.45) is 0 Å². The van der Waals surface area contributed by atoms with Crippen molar-refractivity contribution in [1.82, 2.24) is 0 Å². The molecule has 0 amide bonds. The molecule has 0 fully saturated rings. The number of benzene rings is 8. The van der Waals surface area contributed by atoms with Crippen LogP contribution in [0.25, 0.3) is 71.8 Å². The molecule has 2 nitrogen and oxygen atoms in total. The number of nitrogens with two attached hydrogens (primary N) is 1. The number of allylic oxidation sites excluding steroid dienone is 1. The van der Waals surface area contributed by atoms with Gasteiger partial charge in [0.2, 0.25) is 0 Å². The largest absolute Gasteiger partial charge is 0.398 e. The second-order valence-corrected chi connectivity index (χ2v) is 17.1. The van der Waals surface area contributed by atoms with Gasteiger partial charge in [-0.1, -0.05) is 140 Å². The molecule has 0 bridgehead atoms. The molecule has 0 spiro atoms. The monoisotopic (exact) mass is 790 g/mol. The molecule has 1 aliphatic rings. The van der Waals surface area contributed by atoms with Crippen LogP contribution >= 0.6 is 11.3 Å². The molecule has 0 atom stereocenters. The van der Waals surface area contributed by atoms with Gasteiger partial charge in [-0.15, -0.1) is 11.3 Å². The third-order valence-corrected chi connectivity index (χ3v) is 13.5. The van der Waals surface area contributed by atoms with Crippen LogP contribution in [0.5, 0.6) is 0 Å². The van der Waals surface area contributed by atoms with Gasteiger partial charge >= 0.3 is 0 Å². The lowest BCUT2D eigenvalue weighted by Crippen LogP contribution is -2.09. The zero-order valence-electron chi connectivity index (χ0n) is 34.2. The molecule has 60 heavy (non-hydrogen) atoms. The van der Waals surface area contributed by atoms with Crippen LogP contribution in [0.15, 0.2) is 182 Å². The van der Waals surface area contributed by atoms with Gasteiger partial charge in [0.05, 0.1) is 0 Å². The molecule has 8 aromatic carbocycles. The molecule has 1 aliphatic carbocycles. The summed E-state index contributed by atoms with van der Waals surface area (Å²) in [7, 11) is 0. The van der Waals surface area contributed by atoms with Gasteiger partial charge in [-0.3, -0.25) is 0 Å². The first-order valence-corrected chi connectivity index (χ1v) is 21.7. The Morgan fingerprint density at radius 3 is 1.77 bits per heavy atom. The number of anilines is 4. The van der Waals surface area contributed by atoms with Crippen molar-refractivity contribution in [3.63, 3.8) is 0 Å². The average Bonchev–Trinajstić information content (AvgIpc) is 3.66. The maximum atomic E-state index is 7.01. The first-order valence-electron chi connectivity index (χ1n) is 20.8. The van der Waals surface area contributed by atoms with Gasteiger partial charge in [-0.2, -0.15) is 0 Å². The Kier molecular flexibility index (Phi) is 9.75. The van der Waals surface area contributed by atoms with E-state index in [4.69, 9.17) is 5.73 Å². The highest BCUT2D eigenvalue weighted by Crippen LogP contribution is 2.45. The number of thiophene rings is 1. The zero-order valence-corrected chi connectivity index (χ0v) is 35.1. The molecular formula is C57H46N2S. The SMILES string of the molecule is Cc1ccccc1-c1ccc(-c2ccc(-c3ccc(N(c4ccc(-c5ccccc5)cc4)c4ccc5sc6c(c5c4)C=CCC6)cc3)c(N)c2)c(-c2ccccc2C)c1C. The van der Waals surface area contributed by atoms with Crippen molar-refractivity contribution < 1.29 is 0 Å². The first kappa shape index (κ1) is 37.3. The van der Waals surface area contributed by atoms with E-state index in [9.17, 15) is 0 Å². The van der Waals surface area contributed by atoms with E-state index in [0.717, 1.165) is 52.3 Å². The van der Waals surface area contributed by atoms with Crippen LogP contribution in [-0.2, 0) is 6.42 Å². The molecule has 1 aromatic heterocycles. The predicted octanol–water partition coefficient (Wildman–Crippen LogP) is 16.2. The summed E-state index contributed by atoms with van der Waals surface area (Å²) < 4.78 is 1.34. The van der Waals surface area contributed by atoms with Crippen LogP contribution in [0.3, 0.4) is 0 Å². The fourth-order valence-electron chi connectivity index (χ4n) is 9.06. The minimum Gasteiger partial charge on any atom is -0.398 e. The lowest BCUT2D eigenvalue weighted by atomic mass is 9.84. The predicted molar refractivity (Wildman–Crippen MR) is 260 cm³/mol. The molecule has 1 heterocycles. The second kappa shape index (κ2) is 15.7. The smallest absolute Gasteiger partial charge is 0.0468 e. The first-order chi connectivity index (χ1) is 29.4.